The van der Waals surface area contributed by atoms with Gasteiger partial charge in [-0.1, -0.05) is 12.1 Å². The van der Waals surface area contributed by atoms with E-state index >= 15 is 0 Å². The van der Waals surface area contributed by atoms with Crippen molar-refractivity contribution in [3.8, 4) is 0 Å². The maximum atomic E-state index is 5.80. The molecule has 0 bridgehead atoms. The number of imidazole rings is 1. The minimum absolute atomic E-state index is 0. The Morgan fingerprint density at radius 3 is 2.83 bits per heavy atom. The second-order valence-electron chi connectivity index (χ2n) is 6.26. The highest BCUT2D eigenvalue weighted by Gasteiger charge is 2.29. The molecule has 2 N–H and O–H groups in total. The van der Waals surface area contributed by atoms with E-state index in [2.05, 4.69) is 38.2 Å². The summed E-state index contributed by atoms with van der Waals surface area (Å²) in [6.07, 6.45) is 2.21. The van der Waals surface area contributed by atoms with E-state index in [1.54, 1.807) is 7.05 Å². The maximum Gasteiger partial charge on any atom is 0.191 e. The Morgan fingerprint density at radius 2 is 2.17 bits per heavy atom. The highest BCUT2D eigenvalue weighted by molar-refractivity contribution is 14.0. The number of aryl methyl sites for hydroxylation is 1. The molecule has 1 saturated heterocycles. The van der Waals surface area contributed by atoms with Gasteiger partial charge in [0.15, 0.2) is 5.96 Å². The first-order valence-corrected chi connectivity index (χ1v) is 8.10. The smallest absolute Gasteiger partial charge is 0.191 e. The van der Waals surface area contributed by atoms with Gasteiger partial charge in [0.2, 0.25) is 0 Å². The number of guanidine groups is 1. The van der Waals surface area contributed by atoms with Crippen LogP contribution in [0.3, 0.4) is 0 Å². The van der Waals surface area contributed by atoms with Crippen molar-refractivity contribution < 1.29 is 4.74 Å². The van der Waals surface area contributed by atoms with Crippen LogP contribution in [-0.4, -0.2) is 41.3 Å². The van der Waals surface area contributed by atoms with Gasteiger partial charge in [-0.05, 0) is 31.9 Å². The van der Waals surface area contributed by atoms with Gasteiger partial charge < -0.3 is 19.9 Å². The normalized spacial score (nSPS) is 20.9. The molecule has 132 valence electrons. The monoisotopic (exact) mass is 443 g/mol. The molecule has 1 atom stereocenters. The molecular formula is C17H26IN5O. The van der Waals surface area contributed by atoms with Crippen LogP contribution in [0.1, 0.15) is 25.6 Å². The lowest BCUT2D eigenvalue weighted by Crippen LogP contribution is -2.45. The molecule has 1 aliphatic rings. The molecule has 0 aliphatic carbocycles. The topological polar surface area (TPSA) is 63.5 Å². The number of para-hydroxylation sites is 2. The molecule has 6 nitrogen and oxygen atoms in total. The van der Waals surface area contributed by atoms with Gasteiger partial charge >= 0.3 is 0 Å². The zero-order valence-electron chi connectivity index (χ0n) is 14.5. The lowest BCUT2D eigenvalue weighted by Gasteiger charge is -2.24. The molecule has 2 aromatic rings. The molecule has 1 aliphatic heterocycles. The van der Waals surface area contributed by atoms with E-state index in [-0.39, 0.29) is 29.6 Å². The maximum absolute atomic E-state index is 5.80. The van der Waals surface area contributed by atoms with E-state index in [0.717, 1.165) is 48.8 Å². The van der Waals surface area contributed by atoms with Gasteiger partial charge in [0.1, 0.15) is 5.82 Å². The first-order chi connectivity index (χ1) is 11.1. The fourth-order valence-corrected chi connectivity index (χ4v) is 2.98. The molecular weight excluding hydrogens is 417 g/mol. The van der Waals surface area contributed by atoms with E-state index in [0.29, 0.717) is 6.54 Å². The molecule has 1 fully saturated rings. The van der Waals surface area contributed by atoms with Crippen LogP contribution in [0.2, 0.25) is 0 Å². The second kappa shape index (κ2) is 8.15. The van der Waals surface area contributed by atoms with Crippen molar-refractivity contribution in [2.45, 2.75) is 31.9 Å². The van der Waals surface area contributed by atoms with E-state index in [1.165, 1.54) is 0 Å². The first-order valence-electron chi connectivity index (χ1n) is 8.10. The third-order valence-electron chi connectivity index (χ3n) is 4.45. The number of hydrogen-bond donors (Lipinski definition) is 2. The van der Waals surface area contributed by atoms with Crippen molar-refractivity contribution >= 4 is 41.0 Å². The van der Waals surface area contributed by atoms with Gasteiger partial charge in [-0.25, -0.2) is 4.98 Å². The quantitative estimate of drug-likeness (QED) is 0.433. The zero-order valence-corrected chi connectivity index (χ0v) is 16.8. The minimum atomic E-state index is -0.0878. The van der Waals surface area contributed by atoms with Crippen molar-refractivity contribution in [1.82, 2.24) is 20.2 Å². The molecule has 0 spiro atoms. The molecule has 0 saturated carbocycles. The van der Waals surface area contributed by atoms with Gasteiger partial charge in [0.05, 0.1) is 23.2 Å². The fraction of sp³-hybridized carbons (Fsp3) is 0.529. The second-order valence-corrected chi connectivity index (χ2v) is 6.26. The number of nitrogens with zero attached hydrogens (tertiary/aromatic N) is 3. The summed E-state index contributed by atoms with van der Waals surface area (Å²) in [6, 6.07) is 8.15. The van der Waals surface area contributed by atoms with Crippen molar-refractivity contribution in [2.24, 2.45) is 12.0 Å². The van der Waals surface area contributed by atoms with E-state index in [4.69, 9.17) is 4.74 Å². The Morgan fingerprint density at radius 1 is 1.38 bits per heavy atom. The molecule has 2 heterocycles. The predicted molar refractivity (Wildman–Crippen MR) is 108 cm³/mol. The third-order valence-corrected chi connectivity index (χ3v) is 4.45. The largest absolute Gasteiger partial charge is 0.373 e. The van der Waals surface area contributed by atoms with Crippen LogP contribution >= 0.6 is 24.0 Å². The number of hydrogen-bond acceptors (Lipinski definition) is 3. The van der Waals surface area contributed by atoms with Gasteiger partial charge in [-0.15, -0.1) is 24.0 Å². The van der Waals surface area contributed by atoms with E-state index in [1.807, 2.05) is 25.2 Å². The molecule has 7 heteroatoms. The summed E-state index contributed by atoms with van der Waals surface area (Å²) >= 11 is 0. The number of aliphatic imine (C=N–C) groups is 1. The number of nitrogens with one attached hydrogen (secondary N) is 2. The van der Waals surface area contributed by atoms with Crippen LogP contribution in [0.25, 0.3) is 11.0 Å². The number of fused-ring (bicyclic) bond motifs is 1. The average Bonchev–Trinajstić information content (AvgIpc) is 3.13. The summed E-state index contributed by atoms with van der Waals surface area (Å²) in [5.74, 6) is 1.76. The highest BCUT2D eigenvalue weighted by Crippen LogP contribution is 2.23. The van der Waals surface area contributed by atoms with Crippen LogP contribution in [-0.2, 0) is 18.3 Å². The third kappa shape index (κ3) is 4.18. The zero-order chi connectivity index (χ0) is 16.3. The average molecular weight is 443 g/mol. The first kappa shape index (κ1) is 19.0. The summed E-state index contributed by atoms with van der Waals surface area (Å²) in [5.41, 5.74) is 2.07. The lowest BCUT2D eigenvalue weighted by molar-refractivity contribution is 0.0243. The summed E-state index contributed by atoms with van der Waals surface area (Å²) in [7, 11) is 3.82. The number of ether oxygens (including phenoxy) is 1. The van der Waals surface area contributed by atoms with Crippen molar-refractivity contribution in [1.29, 1.82) is 0 Å². The summed E-state index contributed by atoms with van der Waals surface area (Å²) in [6.45, 7) is 4.38. The number of aromatic nitrogens is 2. The number of halogens is 1. The van der Waals surface area contributed by atoms with E-state index < -0.39 is 0 Å². The Kier molecular flexibility index (Phi) is 6.45. The van der Waals surface area contributed by atoms with Crippen LogP contribution in [0, 0.1) is 0 Å². The van der Waals surface area contributed by atoms with E-state index in [9.17, 15) is 0 Å². The molecule has 1 aromatic heterocycles. The van der Waals surface area contributed by atoms with Gasteiger partial charge in [-0.3, -0.25) is 4.99 Å². The van der Waals surface area contributed by atoms with Crippen molar-refractivity contribution in [3.05, 3.63) is 30.1 Å². The van der Waals surface area contributed by atoms with Crippen LogP contribution in [0.5, 0.6) is 0 Å². The Labute approximate surface area is 160 Å². The highest BCUT2D eigenvalue weighted by atomic mass is 127. The Bertz CT molecular complexity index is 706. The standard InChI is InChI=1S/C17H25N5O.HI/c1-17(9-6-10-23-17)12-20-16(18-2)19-11-15-21-13-7-4-5-8-14(13)22(15)3;/h4-5,7-8H,6,9-12H2,1-3H3,(H2,18,19,20);1H. The van der Waals surface area contributed by atoms with Crippen LogP contribution < -0.4 is 10.6 Å². The molecule has 1 aromatic carbocycles. The summed E-state index contributed by atoms with van der Waals surface area (Å²) in [5, 5.41) is 6.68. The predicted octanol–water partition coefficient (Wildman–Crippen LogP) is 2.43. The Balaban J connectivity index is 0.00000208. The summed E-state index contributed by atoms with van der Waals surface area (Å²) < 4.78 is 7.90. The molecule has 24 heavy (non-hydrogen) atoms. The van der Waals surface area contributed by atoms with Gasteiger partial charge in [0.25, 0.3) is 0 Å². The summed E-state index contributed by atoms with van der Waals surface area (Å²) in [4.78, 5) is 8.94. The van der Waals surface area contributed by atoms with Crippen LogP contribution in [0.4, 0.5) is 0 Å². The molecule has 3 rings (SSSR count). The van der Waals surface area contributed by atoms with Crippen molar-refractivity contribution in [3.63, 3.8) is 0 Å². The fourth-order valence-electron chi connectivity index (χ4n) is 2.98. The molecule has 1 unspecified atom stereocenters. The number of rotatable bonds is 4. The molecule has 0 amide bonds. The molecule has 0 radical (unpaired) electrons. The lowest BCUT2D eigenvalue weighted by atomic mass is 10.0. The van der Waals surface area contributed by atoms with Crippen LogP contribution in [0.15, 0.2) is 29.3 Å². The SMILES string of the molecule is CN=C(NCc1nc2ccccc2n1C)NCC1(C)CCCO1.I. The minimum Gasteiger partial charge on any atom is -0.373 e. The number of benzene rings is 1. The van der Waals surface area contributed by atoms with Gasteiger partial charge in [0, 0.05) is 27.2 Å². The van der Waals surface area contributed by atoms with Crippen molar-refractivity contribution in [2.75, 3.05) is 20.2 Å². The Hall–Kier alpha value is -1.35. The van der Waals surface area contributed by atoms with Gasteiger partial charge in [-0.2, -0.15) is 0 Å².